The first kappa shape index (κ1) is 13.1. The van der Waals surface area contributed by atoms with Gasteiger partial charge in [0, 0.05) is 5.56 Å². The number of alkyl halides is 3. The van der Waals surface area contributed by atoms with E-state index < -0.39 is 34.8 Å². The summed E-state index contributed by atoms with van der Waals surface area (Å²) in [5.41, 5.74) is -2.03. The molecule has 8 heteroatoms. The van der Waals surface area contributed by atoms with Gasteiger partial charge in [-0.1, -0.05) is 5.16 Å². The summed E-state index contributed by atoms with van der Waals surface area (Å²) in [6, 6.07) is 1.64. The van der Waals surface area contributed by atoms with Crippen molar-refractivity contribution in [2.45, 2.75) is 6.18 Å². The molecule has 0 spiro atoms. The number of aromatic carboxylic acids is 1. The van der Waals surface area contributed by atoms with Crippen LogP contribution in [0.5, 0.6) is 0 Å². The Balaban J connectivity index is 2.60. The molecule has 0 amide bonds. The van der Waals surface area contributed by atoms with Gasteiger partial charge in [-0.15, -0.1) is 0 Å². The van der Waals surface area contributed by atoms with Crippen LogP contribution in [-0.4, -0.2) is 16.2 Å². The lowest BCUT2D eigenvalue weighted by Crippen LogP contribution is -2.06. The van der Waals surface area contributed by atoms with Gasteiger partial charge < -0.3 is 9.63 Å². The lowest BCUT2D eigenvalue weighted by Gasteiger charge is -2.08. The smallest absolute Gasteiger partial charge is 0.416 e. The summed E-state index contributed by atoms with van der Waals surface area (Å²) in [7, 11) is 0. The molecule has 0 radical (unpaired) electrons. The minimum absolute atomic E-state index is 0.306. The number of hydrogen-bond acceptors (Lipinski definition) is 3. The summed E-state index contributed by atoms with van der Waals surface area (Å²) in [6.45, 7) is 0. The van der Waals surface area contributed by atoms with Crippen molar-refractivity contribution < 1.29 is 32.0 Å². The molecule has 0 aliphatic rings. The lowest BCUT2D eigenvalue weighted by atomic mass is 10.1. The van der Waals surface area contributed by atoms with Crippen molar-refractivity contribution in [2.24, 2.45) is 0 Å². The van der Waals surface area contributed by atoms with E-state index in [0.29, 0.717) is 12.1 Å². The first-order valence-electron chi connectivity index (χ1n) is 4.85. The number of carbonyl (C=O) groups is 1. The molecule has 100 valence electrons. The van der Waals surface area contributed by atoms with Crippen molar-refractivity contribution in [3.63, 3.8) is 0 Å². The first-order valence-corrected chi connectivity index (χ1v) is 4.85. The lowest BCUT2D eigenvalue weighted by molar-refractivity contribution is -0.137. The number of rotatable bonds is 2. The highest BCUT2D eigenvalue weighted by Crippen LogP contribution is 2.34. The van der Waals surface area contributed by atoms with Gasteiger partial charge in [-0.05, 0) is 18.2 Å². The highest BCUT2D eigenvalue weighted by molar-refractivity contribution is 5.93. The second-order valence-electron chi connectivity index (χ2n) is 3.60. The molecular formula is C11H5F4NO3. The molecule has 0 aliphatic carbocycles. The molecule has 1 aromatic heterocycles. The van der Waals surface area contributed by atoms with E-state index in [1.54, 1.807) is 0 Å². The molecule has 4 nitrogen and oxygen atoms in total. The number of hydrogen-bond donors (Lipinski definition) is 1. The number of aromatic nitrogens is 1. The predicted molar refractivity (Wildman–Crippen MR) is 53.9 cm³/mol. The maximum absolute atomic E-state index is 13.2. The first-order chi connectivity index (χ1) is 8.79. The van der Waals surface area contributed by atoms with E-state index in [9.17, 15) is 22.4 Å². The SMILES string of the molecule is O=C(O)c1cnoc1-c1cc(F)cc(C(F)(F)F)c1. The summed E-state index contributed by atoms with van der Waals surface area (Å²) >= 11 is 0. The van der Waals surface area contributed by atoms with Crippen molar-refractivity contribution in [3.05, 3.63) is 41.3 Å². The Labute approximate surface area is 103 Å². The molecule has 0 saturated heterocycles. The Morgan fingerprint density at radius 3 is 2.53 bits per heavy atom. The third kappa shape index (κ3) is 2.56. The summed E-state index contributed by atoms with van der Waals surface area (Å²) in [5.74, 6) is -3.02. The Bertz CT molecular complexity index is 633. The fourth-order valence-corrected chi connectivity index (χ4v) is 1.48. The van der Waals surface area contributed by atoms with Crippen LogP contribution in [0.3, 0.4) is 0 Å². The van der Waals surface area contributed by atoms with Crippen molar-refractivity contribution >= 4 is 5.97 Å². The van der Waals surface area contributed by atoms with Crippen LogP contribution in [0.2, 0.25) is 0 Å². The predicted octanol–water partition coefficient (Wildman–Crippen LogP) is 3.20. The topological polar surface area (TPSA) is 63.3 Å². The van der Waals surface area contributed by atoms with E-state index in [-0.39, 0.29) is 5.56 Å². The van der Waals surface area contributed by atoms with Crippen LogP contribution in [0.15, 0.2) is 28.9 Å². The van der Waals surface area contributed by atoms with E-state index in [4.69, 9.17) is 5.11 Å². The van der Waals surface area contributed by atoms with Gasteiger partial charge in [0.05, 0.1) is 11.8 Å². The third-order valence-corrected chi connectivity index (χ3v) is 2.29. The number of nitrogens with zero attached hydrogens (tertiary/aromatic N) is 1. The molecule has 0 aliphatic heterocycles. The highest BCUT2D eigenvalue weighted by atomic mass is 19.4. The van der Waals surface area contributed by atoms with E-state index in [2.05, 4.69) is 9.68 Å². The van der Waals surface area contributed by atoms with Gasteiger partial charge in [-0.3, -0.25) is 0 Å². The van der Waals surface area contributed by atoms with E-state index >= 15 is 0 Å². The molecule has 0 saturated carbocycles. The molecule has 0 atom stereocenters. The van der Waals surface area contributed by atoms with Crippen LogP contribution in [0.1, 0.15) is 15.9 Å². The van der Waals surface area contributed by atoms with Crippen LogP contribution >= 0.6 is 0 Å². The molecule has 1 aromatic carbocycles. The van der Waals surface area contributed by atoms with Crippen LogP contribution < -0.4 is 0 Å². The maximum atomic E-state index is 13.2. The van der Waals surface area contributed by atoms with E-state index in [0.717, 1.165) is 12.3 Å². The minimum atomic E-state index is -4.75. The fraction of sp³-hybridized carbons (Fsp3) is 0.0909. The van der Waals surface area contributed by atoms with Crippen molar-refractivity contribution in [1.29, 1.82) is 0 Å². The summed E-state index contributed by atoms with van der Waals surface area (Å²) < 4.78 is 55.3. The molecular weight excluding hydrogens is 270 g/mol. The third-order valence-electron chi connectivity index (χ3n) is 2.29. The molecule has 2 rings (SSSR count). The van der Waals surface area contributed by atoms with Crippen molar-refractivity contribution in [3.8, 4) is 11.3 Å². The van der Waals surface area contributed by atoms with Gasteiger partial charge in [0.2, 0.25) is 0 Å². The number of benzene rings is 1. The number of carboxylic acids is 1. The largest absolute Gasteiger partial charge is 0.477 e. The van der Waals surface area contributed by atoms with Gasteiger partial charge in [0.15, 0.2) is 5.76 Å². The molecule has 1 N–H and O–H groups in total. The van der Waals surface area contributed by atoms with Gasteiger partial charge in [0.25, 0.3) is 0 Å². The zero-order valence-corrected chi connectivity index (χ0v) is 9.03. The second-order valence-corrected chi connectivity index (χ2v) is 3.60. The summed E-state index contributed by atoms with van der Waals surface area (Å²) in [5, 5.41) is 12.0. The average Bonchev–Trinajstić information content (AvgIpc) is 2.75. The van der Waals surface area contributed by atoms with E-state index in [1.807, 2.05) is 0 Å². The summed E-state index contributed by atoms with van der Waals surface area (Å²) in [6.07, 6.45) is -3.92. The van der Waals surface area contributed by atoms with Crippen LogP contribution in [0.4, 0.5) is 17.6 Å². The molecule has 19 heavy (non-hydrogen) atoms. The highest BCUT2D eigenvalue weighted by Gasteiger charge is 2.32. The van der Waals surface area contributed by atoms with Crippen molar-refractivity contribution in [1.82, 2.24) is 5.16 Å². The molecule has 0 unspecified atom stereocenters. The van der Waals surface area contributed by atoms with Crippen molar-refractivity contribution in [2.75, 3.05) is 0 Å². The van der Waals surface area contributed by atoms with Gasteiger partial charge in [0.1, 0.15) is 11.4 Å². The number of halogens is 4. The van der Waals surface area contributed by atoms with Crippen LogP contribution in [0, 0.1) is 5.82 Å². The Hall–Kier alpha value is -2.38. The Morgan fingerprint density at radius 2 is 1.95 bits per heavy atom. The van der Waals surface area contributed by atoms with Crippen LogP contribution in [0.25, 0.3) is 11.3 Å². The molecule has 0 bridgehead atoms. The fourth-order valence-electron chi connectivity index (χ4n) is 1.48. The standard InChI is InChI=1S/C11H5F4NO3/c12-7-2-5(1-6(3-7)11(13,14)15)9-8(10(17)18)4-16-19-9/h1-4H,(H,17,18). The number of carboxylic acid groups (broad SMARTS) is 1. The molecule has 2 aromatic rings. The van der Waals surface area contributed by atoms with Gasteiger partial charge in [-0.25, -0.2) is 9.18 Å². The Kier molecular flexibility index (Phi) is 3.01. The summed E-state index contributed by atoms with van der Waals surface area (Å²) in [4.78, 5) is 10.8. The molecule has 1 heterocycles. The second kappa shape index (κ2) is 4.38. The monoisotopic (exact) mass is 275 g/mol. The molecule has 0 fully saturated rings. The van der Waals surface area contributed by atoms with Crippen LogP contribution in [-0.2, 0) is 6.18 Å². The average molecular weight is 275 g/mol. The van der Waals surface area contributed by atoms with Gasteiger partial charge >= 0.3 is 12.1 Å². The normalized spacial score (nSPS) is 11.6. The quantitative estimate of drug-likeness (QED) is 0.855. The maximum Gasteiger partial charge on any atom is 0.416 e. The Morgan fingerprint density at radius 1 is 1.26 bits per heavy atom. The zero-order chi connectivity index (χ0) is 14.2. The van der Waals surface area contributed by atoms with E-state index in [1.165, 1.54) is 0 Å². The van der Waals surface area contributed by atoms with Gasteiger partial charge in [-0.2, -0.15) is 13.2 Å². The minimum Gasteiger partial charge on any atom is -0.477 e. The zero-order valence-electron chi connectivity index (χ0n) is 9.03.